The van der Waals surface area contributed by atoms with E-state index in [2.05, 4.69) is 46.1 Å². The minimum absolute atomic E-state index is 0.0314. The lowest BCUT2D eigenvalue weighted by molar-refractivity contribution is -0.119. The summed E-state index contributed by atoms with van der Waals surface area (Å²) < 4.78 is 2.06. The third-order valence-electron chi connectivity index (χ3n) is 4.22. The molecule has 5 nitrogen and oxygen atoms in total. The Labute approximate surface area is 168 Å². The number of amides is 1. The average molecular weight is 401 g/mol. The van der Waals surface area contributed by atoms with E-state index >= 15 is 0 Å². The molecule has 0 aliphatic rings. The summed E-state index contributed by atoms with van der Waals surface area (Å²) in [5.41, 5.74) is 1.30. The van der Waals surface area contributed by atoms with E-state index in [1.807, 2.05) is 35.7 Å². The van der Waals surface area contributed by atoms with Gasteiger partial charge in [-0.05, 0) is 43.7 Å². The van der Waals surface area contributed by atoms with E-state index in [4.69, 9.17) is 0 Å². The Morgan fingerprint density at radius 1 is 1.22 bits per heavy atom. The Morgan fingerprint density at radius 3 is 2.74 bits per heavy atom. The minimum Gasteiger partial charge on any atom is -0.353 e. The second-order valence-electron chi connectivity index (χ2n) is 6.31. The number of carbonyl (C=O) groups is 1. The van der Waals surface area contributed by atoms with Gasteiger partial charge >= 0.3 is 0 Å². The predicted octanol–water partition coefficient (Wildman–Crippen LogP) is 4.26. The van der Waals surface area contributed by atoms with Crippen LogP contribution in [-0.4, -0.2) is 32.5 Å². The quantitative estimate of drug-likeness (QED) is 0.545. The molecular weight excluding hydrogens is 376 g/mol. The average Bonchev–Trinajstić information content (AvgIpc) is 3.34. The van der Waals surface area contributed by atoms with Crippen LogP contribution < -0.4 is 5.32 Å². The van der Waals surface area contributed by atoms with E-state index in [0.717, 1.165) is 35.2 Å². The van der Waals surface area contributed by atoms with Gasteiger partial charge in [-0.1, -0.05) is 48.2 Å². The number of aryl methyl sites for hydroxylation is 1. The smallest absolute Gasteiger partial charge is 0.230 e. The van der Waals surface area contributed by atoms with E-state index in [1.54, 1.807) is 11.3 Å². The normalized spacial score (nSPS) is 12.1. The molecule has 3 rings (SSSR count). The molecule has 3 aromatic rings. The second-order valence-corrected chi connectivity index (χ2v) is 8.20. The Bertz CT molecular complexity index is 846. The summed E-state index contributed by atoms with van der Waals surface area (Å²) in [7, 11) is 0. The van der Waals surface area contributed by atoms with Crippen molar-refractivity contribution in [2.24, 2.45) is 0 Å². The van der Waals surface area contributed by atoms with Crippen LogP contribution in [0.1, 0.15) is 25.8 Å². The molecule has 142 valence electrons. The molecule has 1 N–H and O–H groups in total. The molecule has 0 spiro atoms. The van der Waals surface area contributed by atoms with E-state index in [-0.39, 0.29) is 11.9 Å². The molecule has 1 amide bonds. The fourth-order valence-electron chi connectivity index (χ4n) is 2.82. The molecule has 7 heteroatoms. The van der Waals surface area contributed by atoms with Crippen LogP contribution in [0.3, 0.4) is 0 Å². The first-order chi connectivity index (χ1) is 13.2. The monoisotopic (exact) mass is 400 g/mol. The van der Waals surface area contributed by atoms with Crippen molar-refractivity contribution in [3.63, 3.8) is 0 Å². The summed E-state index contributed by atoms with van der Waals surface area (Å²) in [4.78, 5) is 13.4. The van der Waals surface area contributed by atoms with E-state index in [0.29, 0.717) is 5.75 Å². The number of benzene rings is 1. The minimum atomic E-state index is 0.0314. The van der Waals surface area contributed by atoms with Crippen molar-refractivity contribution in [2.45, 2.75) is 44.4 Å². The van der Waals surface area contributed by atoms with E-state index < -0.39 is 0 Å². The highest BCUT2D eigenvalue weighted by Crippen LogP contribution is 2.27. The summed E-state index contributed by atoms with van der Waals surface area (Å²) >= 11 is 3.08. The first-order valence-corrected chi connectivity index (χ1v) is 11.0. The van der Waals surface area contributed by atoms with Gasteiger partial charge in [0.2, 0.25) is 5.91 Å². The zero-order valence-electron chi connectivity index (χ0n) is 15.6. The number of hydrogen-bond acceptors (Lipinski definition) is 5. The third-order valence-corrected chi connectivity index (χ3v) is 6.06. The number of thioether (sulfide) groups is 1. The molecule has 2 aromatic heterocycles. The van der Waals surface area contributed by atoms with Crippen LogP contribution in [0, 0.1) is 0 Å². The molecule has 0 aliphatic carbocycles. The number of rotatable bonds is 9. The summed E-state index contributed by atoms with van der Waals surface area (Å²) in [5.74, 6) is 1.24. The van der Waals surface area contributed by atoms with Gasteiger partial charge < -0.3 is 9.88 Å². The number of nitrogens with zero attached hydrogens (tertiary/aromatic N) is 3. The van der Waals surface area contributed by atoms with Gasteiger partial charge in [0.1, 0.15) is 0 Å². The van der Waals surface area contributed by atoms with Gasteiger partial charge in [-0.3, -0.25) is 4.79 Å². The highest BCUT2D eigenvalue weighted by molar-refractivity contribution is 7.99. The Kier molecular flexibility index (Phi) is 7.06. The second kappa shape index (κ2) is 9.71. The first-order valence-electron chi connectivity index (χ1n) is 9.10. The van der Waals surface area contributed by atoms with Gasteiger partial charge in [-0.25, -0.2) is 0 Å². The number of thiophene rings is 1. The fraction of sp³-hybridized carbons (Fsp3) is 0.350. The standard InChI is InChI=1S/C20H24N4OS2/c1-3-24-19(17-10-7-13-26-17)22-23-20(24)27-14-18(25)21-15(2)11-12-16-8-5-4-6-9-16/h4-10,13,15H,3,11-12,14H2,1-2H3,(H,21,25). The Morgan fingerprint density at radius 2 is 2.04 bits per heavy atom. The molecule has 0 bridgehead atoms. The molecule has 1 aromatic carbocycles. The summed E-state index contributed by atoms with van der Waals surface area (Å²) in [5, 5.41) is 14.5. The fourth-order valence-corrected chi connectivity index (χ4v) is 4.35. The van der Waals surface area contributed by atoms with Crippen LogP contribution in [0.4, 0.5) is 0 Å². The zero-order chi connectivity index (χ0) is 19.1. The van der Waals surface area contributed by atoms with E-state index in [1.165, 1.54) is 17.3 Å². The highest BCUT2D eigenvalue weighted by Gasteiger charge is 2.15. The van der Waals surface area contributed by atoms with Gasteiger partial charge in [-0.15, -0.1) is 21.5 Å². The molecular formula is C20H24N4OS2. The lowest BCUT2D eigenvalue weighted by Gasteiger charge is -2.14. The predicted molar refractivity (Wildman–Crippen MR) is 112 cm³/mol. The molecule has 1 atom stereocenters. The maximum Gasteiger partial charge on any atom is 0.230 e. The maximum atomic E-state index is 12.3. The number of nitrogens with one attached hydrogen (secondary N) is 1. The third kappa shape index (κ3) is 5.43. The largest absolute Gasteiger partial charge is 0.353 e. The van der Waals surface area contributed by atoms with Crippen LogP contribution >= 0.6 is 23.1 Å². The first kappa shape index (κ1) is 19.6. The number of aromatic nitrogens is 3. The SMILES string of the molecule is CCn1c(SCC(=O)NC(C)CCc2ccccc2)nnc1-c1cccs1. The van der Waals surface area contributed by atoms with Gasteiger partial charge in [0.25, 0.3) is 0 Å². The molecule has 1 unspecified atom stereocenters. The molecule has 2 heterocycles. The molecule has 0 saturated heterocycles. The Hall–Kier alpha value is -2.12. The van der Waals surface area contributed by atoms with Gasteiger partial charge in [0, 0.05) is 12.6 Å². The van der Waals surface area contributed by atoms with Crippen molar-refractivity contribution in [1.82, 2.24) is 20.1 Å². The summed E-state index contributed by atoms with van der Waals surface area (Å²) in [6, 6.07) is 14.5. The van der Waals surface area contributed by atoms with Crippen molar-refractivity contribution in [1.29, 1.82) is 0 Å². The lowest BCUT2D eigenvalue weighted by atomic mass is 10.1. The van der Waals surface area contributed by atoms with Crippen LogP contribution in [0.5, 0.6) is 0 Å². The lowest BCUT2D eigenvalue weighted by Crippen LogP contribution is -2.34. The van der Waals surface area contributed by atoms with Gasteiger partial charge in [-0.2, -0.15) is 0 Å². The summed E-state index contributed by atoms with van der Waals surface area (Å²) in [6.07, 6.45) is 1.89. The van der Waals surface area contributed by atoms with Crippen molar-refractivity contribution >= 4 is 29.0 Å². The van der Waals surface area contributed by atoms with Crippen molar-refractivity contribution in [2.75, 3.05) is 5.75 Å². The number of hydrogen-bond donors (Lipinski definition) is 1. The summed E-state index contributed by atoms with van der Waals surface area (Å²) in [6.45, 7) is 4.89. The number of carbonyl (C=O) groups excluding carboxylic acids is 1. The Balaban J connectivity index is 1.49. The van der Waals surface area contributed by atoms with E-state index in [9.17, 15) is 4.79 Å². The molecule has 0 fully saturated rings. The molecule has 0 radical (unpaired) electrons. The maximum absolute atomic E-state index is 12.3. The van der Waals surface area contributed by atoms with Crippen LogP contribution in [0.2, 0.25) is 0 Å². The van der Waals surface area contributed by atoms with Crippen LogP contribution in [0.25, 0.3) is 10.7 Å². The molecule has 27 heavy (non-hydrogen) atoms. The topological polar surface area (TPSA) is 59.8 Å². The van der Waals surface area contributed by atoms with Crippen molar-refractivity contribution < 1.29 is 4.79 Å². The zero-order valence-corrected chi connectivity index (χ0v) is 17.2. The van der Waals surface area contributed by atoms with Crippen LogP contribution in [-0.2, 0) is 17.8 Å². The molecule has 0 saturated carbocycles. The van der Waals surface area contributed by atoms with Gasteiger partial charge in [0.15, 0.2) is 11.0 Å². The highest BCUT2D eigenvalue weighted by atomic mass is 32.2. The van der Waals surface area contributed by atoms with Crippen molar-refractivity contribution in [3.05, 3.63) is 53.4 Å². The van der Waals surface area contributed by atoms with Crippen molar-refractivity contribution in [3.8, 4) is 10.7 Å². The molecule has 0 aliphatic heterocycles. The van der Waals surface area contributed by atoms with Gasteiger partial charge in [0.05, 0.1) is 10.6 Å². The van der Waals surface area contributed by atoms with Crippen LogP contribution in [0.15, 0.2) is 53.0 Å².